The smallest absolute Gasteiger partial charge is 0.341 e. The highest BCUT2D eigenvalue weighted by molar-refractivity contribution is 7.48. The molecule has 0 spiro atoms. The highest BCUT2D eigenvalue weighted by Gasteiger charge is 2.53. The fraction of sp³-hybridized carbons (Fsp3) is 1.00. The van der Waals surface area contributed by atoms with Crippen molar-refractivity contribution in [3.8, 4) is 0 Å². The summed E-state index contributed by atoms with van der Waals surface area (Å²) in [5.74, 6) is -2.53. The summed E-state index contributed by atoms with van der Waals surface area (Å²) < 4.78 is 25.5. The molecule has 1 heterocycles. The van der Waals surface area contributed by atoms with Gasteiger partial charge in [-0.15, -0.1) is 0 Å². The van der Waals surface area contributed by atoms with E-state index in [-0.39, 0.29) is 6.61 Å². The molecule has 0 aromatic heterocycles. The molecule has 7 heteroatoms. The van der Waals surface area contributed by atoms with Crippen LogP contribution in [0.3, 0.4) is 0 Å². The van der Waals surface area contributed by atoms with Crippen molar-refractivity contribution < 1.29 is 28.3 Å². The van der Waals surface area contributed by atoms with Gasteiger partial charge in [0.25, 0.3) is 0 Å². The van der Waals surface area contributed by atoms with E-state index in [0.717, 1.165) is 6.42 Å². The van der Waals surface area contributed by atoms with Crippen LogP contribution in [0.5, 0.6) is 0 Å². The van der Waals surface area contributed by atoms with E-state index >= 15 is 0 Å². The highest BCUT2D eigenvalue weighted by atomic mass is 31.2. The van der Waals surface area contributed by atoms with Gasteiger partial charge >= 0.3 is 13.8 Å². The Bertz CT molecular complexity index is 240. The van der Waals surface area contributed by atoms with E-state index in [1.54, 1.807) is 0 Å². The molecule has 0 saturated carbocycles. The van der Waals surface area contributed by atoms with Crippen molar-refractivity contribution in [2.75, 3.05) is 6.61 Å². The van der Waals surface area contributed by atoms with Gasteiger partial charge in [-0.3, -0.25) is 9.05 Å². The minimum atomic E-state index is -3.78. The summed E-state index contributed by atoms with van der Waals surface area (Å²) in [5, 5.41) is 18.2. The largest absolute Gasteiger partial charge is 0.479 e. The molecule has 1 fully saturated rings. The van der Waals surface area contributed by atoms with E-state index in [4.69, 9.17) is 19.3 Å². The molecule has 0 bridgehead atoms. The Labute approximate surface area is 82.4 Å². The second-order valence-corrected chi connectivity index (χ2v) is 4.68. The molecule has 0 aromatic rings. The van der Waals surface area contributed by atoms with Crippen LogP contribution in [0.25, 0.3) is 0 Å². The first kappa shape index (κ1) is 12.1. The fourth-order valence-corrected chi connectivity index (χ4v) is 2.41. The lowest BCUT2D eigenvalue weighted by Crippen LogP contribution is -2.36. The number of phosphoric acid groups is 1. The molecular weight excluding hydrogens is 211 g/mol. The van der Waals surface area contributed by atoms with Gasteiger partial charge in [0.2, 0.25) is 0 Å². The van der Waals surface area contributed by atoms with Crippen LogP contribution < -0.4 is 0 Å². The van der Waals surface area contributed by atoms with Gasteiger partial charge in [0.05, 0.1) is 6.61 Å². The molecule has 1 saturated heterocycles. The molecule has 2 N–H and O–H groups in total. The second-order valence-electron chi connectivity index (χ2n) is 3.13. The molecule has 0 aliphatic carbocycles. The number of hydrogen-bond acceptors (Lipinski definition) is 6. The molecule has 14 heavy (non-hydrogen) atoms. The summed E-state index contributed by atoms with van der Waals surface area (Å²) in [7, 11) is -3.78. The maximum absolute atomic E-state index is 11.5. The Morgan fingerprint density at radius 3 is 2.64 bits per heavy atom. The lowest BCUT2D eigenvalue weighted by atomic mass is 10.3. The SMILES string of the molecule is CCCCOP1(=O)OC(C)C(O)(O)O1. The Balaban J connectivity index is 2.49. The van der Waals surface area contributed by atoms with Crippen LogP contribution in [0, 0.1) is 0 Å². The average Bonchev–Trinajstić information content (AvgIpc) is 2.22. The van der Waals surface area contributed by atoms with Crippen LogP contribution in [0.1, 0.15) is 26.7 Å². The monoisotopic (exact) mass is 226 g/mol. The van der Waals surface area contributed by atoms with Crippen LogP contribution in [0.2, 0.25) is 0 Å². The van der Waals surface area contributed by atoms with Crippen molar-refractivity contribution in [1.82, 2.24) is 0 Å². The predicted molar refractivity (Wildman–Crippen MR) is 47.3 cm³/mol. The topological polar surface area (TPSA) is 85.2 Å². The van der Waals surface area contributed by atoms with E-state index in [1.165, 1.54) is 6.92 Å². The lowest BCUT2D eigenvalue weighted by molar-refractivity contribution is -0.302. The van der Waals surface area contributed by atoms with Gasteiger partial charge in [0.15, 0.2) is 0 Å². The Morgan fingerprint density at radius 2 is 2.21 bits per heavy atom. The van der Waals surface area contributed by atoms with Crippen molar-refractivity contribution in [1.29, 1.82) is 0 Å². The summed E-state index contributed by atoms with van der Waals surface area (Å²) in [6.07, 6.45) is 0.489. The van der Waals surface area contributed by atoms with Gasteiger partial charge in [0, 0.05) is 0 Å². The molecule has 2 unspecified atom stereocenters. The van der Waals surface area contributed by atoms with Crippen molar-refractivity contribution in [2.24, 2.45) is 0 Å². The van der Waals surface area contributed by atoms with E-state index in [1.807, 2.05) is 6.92 Å². The van der Waals surface area contributed by atoms with E-state index in [9.17, 15) is 4.57 Å². The number of phosphoric ester groups is 1. The first-order valence-electron chi connectivity index (χ1n) is 4.48. The molecule has 2 atom stereocenters. The average molecular weight is 226 g/mol. The number of aliphatic hydroxyl groups is 2. The number of rotatable bonds is 4. The Morgan fingerprint density at radius 1 is 1.57 bits per heavy atom. The zero-order valence-electron chi connectivity index (χ0n) is 8.17. The highest BCUT2D eigenvalue weighted by Crippen LogP contribution is 2.59. The van der Waals surface area contributed by atoms with Crippen LogP contribution in [-0.2, 0) is 18.1 Å². The van der Waals surface area contributed by atoms with Crippen LogP contribution >= 0.6 is 7.82 Å². The normalized spacial score (nSPS) is 36.1. The first-order valence-corrected chi connectivity index (χ1v) is 5.94. The van der Waals surface area contributed by atoms with E-state index in [0.29, 0.717) is 6.42 Å². The second kappa shape index (κ2) is 4.26. The maximum atomic E-state index is 11.5. The Hall–Kier alpha value is 0.0300. The molecular formula is C7H15O6P. The lowest BCUT2D eigenvalue weighted by Gasteiger charge is -2.14. The van der Waals surface area contributed by atoms with Crippen molar-refractivity contribution in [3.63, 3.8) is 0 Å². The quantitative estimate of drug-likeness (QED) is 0.422. The fourth-order valence-electron chi connectivity index (χ4n) is 0.900. The minimum absolute atomic E-state index is 0.205. The summed E-state index contributed by atoms with van der Waals surface area (Å²) in [5.41, 5.74) is 0. The third-order valence-electron chi connectivity index (χ3n) is 1.81. The van der Waals surface area contributed by atoms with Crippen molar-refractivity contribution >= 4 is 7.82 Å². The van der Waals surface area contributed by atoms with Gasteiger partial charge in [0.1, 0.15) is 6.10 Å². The molecule has 0 radical (unpaired) electrons. The van der Waals surface area contributed by atoms with E-state index < -0.39 is 19.9 Å². The summed E-state index contributed by atoms with van der Waals surface area (Å²) in [6.45, 7) is 3.49. The summed E-state index contributed by atoms with van der Waals surface area (Å²) >= 11 is 0. The Kier molecular flexibility index (Phi) is 3.69. The molecule has 84 valence electrons. The molecule has 1 aliphatic heterocycles. The standard InChI is InChI=1S/C7H15O6P/c1-3-4-5-11-14(10)12-6(2)7(8,9)13-14/h6,8-9H,3-5H2,1-2H3. The molecule has 6 nitrogen and oxygen atoms in total. The first-order chi connectivity index (χ1) is 6.40. The van der Waals surface area contributed by atoms with Crippen LogP contribution in [0.15, 0.2) is 0 Å². The third-order valence-corrected chi connectivity index (χ3v) is 3.38. The molecule has 0 amide bonds. The molecule has 1 rings (SSSR count). The minimum Gasteiger partial charge on any atom is -0.341 e. The molecule has 0 aromatic carbocycles. The maximum Gasteiger partial charge on any atom is 0.479 e. The summed E-state index contributed by atoms with van der Waals surface area (Å²) in [6, 6.07) is 0. The van der Waals surface area contributed by atoms with Gasteiger partial charge in [-0.25, -0.2) is 9.09 Å². The number of hydrogen-bond donors (Lipinski definition) is 2. The zero-order valence-corrected chi connectivity index (χ0v) is 9.07. The van der Waals surface area contributed by atoms with E-state index in [2.05, 4.69) is 4.52 Å². The van der Waals surface area contributed by atoms with Gasteiger partial charge in [-0.2, -0.15) is 0 Å². The van der Waals surface area contributed by atoms with Crippen LogP contribution in [-0.4, -0.2) is 28.9 Å². The van der Waals surface area contributed by atoms with Gasteiger partial charge in [-0.05, 0) is 13.3 Å². The molecule has 1 aliphatic rings. The van der Waals surface area contributed by atoms with Crippen LogP contribution in [0.4, 0.5) is 0 Å². The zero-order chi connectivity index (χ0) is 10.8. The van der Waals surface area contributed by atoms with Gasteiger partial charge < -0.3 is 10.2 Å². The third kappa shape index (κ3) is 2.76. The number of unbranched alkanes of at least 4 members (excludes halogenated alkanes) is 1. The predicted octanol–water partition coefficient (Wildman–Crippen LogP) is 0.985. The van der Waals surface area contributed by atoms with Crippen molar-refractivity contribution in [3.05, 3.63) is 0 Å². The van der Waals surface area contributed by atoms with Crippen molar-refractivity contribution in [2.45, 2.75) is 38.8 Å². The summed E-state index contributed by atoms with van der Waals surface area (Å²) in [4.78, 5) is 0. The van der Waals surface area contributed by atoms with Gasteiger partial charge in [-0.1, -0.05) is 13.3 Å².